The summed E-state index contributed by atoms with van der Waals surface area (Å²) in [5.41, 5.74) is 0.829. The van der Waals surface area contributed by atoms with Crippen LogP contribution < -0.4 is 14.8 Å². The molecule has 124 valence electrons. The van der Waals surface area contributed by atoms with Crippen LogP contribution in [0.15, 0.2) is 18.2 Å². The van der Waals surface area contributed by atoms with Crippen molar-refractivity contribution in [1.29, 1.82) is 0 Å². The van der Waals surface area contributed by atoms with Gasteiger partial charge in [-0.3, -0.25) is 9.59 Å². The van der Waals surface area contributed by atoms with Crippen LogP contribution in [0.3, 0.4) is 0 Å². The highest BCUT2D eigenvalue weighted by Crippen LogP contribution is 2.35. The Morgan fingerprint density at radius 3 is 3.09 bits per heavy atom. The van der Waals surface area contributed by atoms with Gasteiger partial charge >= 0.3 is 0 Å². The number of carbonyl (C=O) groups is 2. The third kappa shape index (κ3) is 3.56. The Hall–Kier alpha value is -2.28. The smallest absolute Gasteiger partial charge is 0.251 e. The third-order valence-electron chi connectivity index (χ3n) is 4.04. The molecule has 1 atom stereocenters. The molecule has 0 aliphatic carbocycles. The minimum absolute atomic E-state index is 0.0394. The molecule has 0 spiro atoms. The van der Waals surface area contributed by atoms with Gasteiger partial charge in [-0.25, -0.2) is 0 Å². The Bertz CT molecular complexity index is 604. The lowest BCUT2D eigenvalue weighted by Crippen LogP contribution is -2.44. The molecule has 0 radical (unpaired) electrons. The first-order valence-corrected chi connectivity index (χ1v) is 7.76. The number of fused-ring (bicyclic) bond motifs is 1. The number of aliphatic hydroxyl groups excluding tert-OH is 1. The van der Waals surface area contributed by atoms with Crippen molar-refractivity contribution in [3.05, 3.63) is 23.8 Å². The molecular formula is C16H20N2O5. The van der Waals surface area contributed by atoms with Crippen molar-refractivity contribution in [2.45, 2.75) is 31.9 Å². The van der Waals surface area contributed by atoms with Gasteiger partial charge in [0, 0.05) is 18.7 Å². The highest BCUT2D eigenvalue weighted by Gasteiger charge is 2.26. The fraction of sp³-hybridized carbons (Fsp3) is 0.500. The van der Waals surface area contributed by atoms with Crippen LogP contribution in [0, 0.1) is 0 Å². The Morgan fingerprint density at radius 1 is 1.35 bits per heavy atom. The Morgan fingerprint density at radius 2 is 2.22 bits per heavy atom. The van der Waals surface area contributed by atoms with Gasteiger partial charge in [0.05, 0.1) is 6.54 Å². The first kappa shape index (κ1) is 15.6. The van der Waals surface area contributed by atoms with E-state index in [0.717, 1.165) is 18.4 Å². The lowest BCUT2D eigenvalue weighted by atomic mass is 10.2. The average molecular weight is 320 g/mol. The molecule has 2 aliphatic rings. The van der Waals surface area contributed by atoms with E-state index in [4.69, 9.17) is 9.47 Å². The van der Waals surface area contributed by atoms with E-state index in [-0.39, 0.29) is 25.2 Å². The van der Waals surface area contributed by atoms with E-state index in [1.165, 1.54) is 4.90 Å². The molecule has 3 rings (SSSR count). The predicted octanol–water partition coefficient (Wildman–Crippen LogP) is 0.405. The molecule has 2 amide bonds. The van der Waals surface area contributed by atoms with E-state index in [0.29, 0.717) is 31.0 Å². The number of nitrogens with one attached hydrogen (secondary N) is 1. The largest absolute Gasteiger partial charge is 0.454 e. The van der Waals surface area contributed by atoms with Gasteiger partial charge in [-0.15, -0.1) is 0 Å². The van der Waals surface area contributed by atoms with Gasteiger partial charge in [-0.1, -0.05) is 12.1 Å². The van der Waals surface area contributed by atoms with E-state index in [1.54, 1.807) is 0 Å². The van der Waals surface area contributed by atoms with Crippen LogP contribution in [-0.2, 0) is 16.1 Å². The second-order valence-corrected chi connectivity index (χ2v) is 5.70. The van der Waals surface area contributed by atoms with Gasteiger partial charge in [0.15, 0.2) is 11.5 Å². The summed E-state index contributed by atoms with van der Waals surface area (Å²) in [6, 6.07) is 5.50. The number of carbonyl (C=O) groups excluding carboxylic acids is 2. The average Bonchev–Trinajstić information content (AvgIpc) is 2.98. The molecule has 1 aromatic carbocycles. The Kier molecular flexibility index (Phi) is 4.66. The quantitative estimate of drug-likeness (QED) is 0.839. The first-order chi connectivity index (χ1) is 11.1. The van der Waals surface area contributed by atoms with Crippen molar-refractivity contribution < 1.29 is 24.2 Å². The number of benzene rings is 1. The number of likely N-dealkylation sites (tertiary alicyclic amines) is 1. The summed E-state index contributed by atoms with van der Waals surface area (Å²) in [7, 11) is 0. The topological polar surface area (TPSA) is 88.1 Å². The molecule has 1 unspecified atom stereocenters. The summed E-state index contributed by atoms with van der Waals surface area (Å²) >= 11 is 0. The highest BCUT2D eigenvalue weighted by atomic mass is 16.7. The normalized spacial score (nSPS) is 20.3. The zero-order valence-electron chi connectivity index (χ0n) is 12.8. The summed E-state index contributed by atoms with van der Waals surface area (Å²) < 4.78 is 10.7. The fourth-order valence-corrected chi connectivity index (χ4v) is 2.79. The van der Waals surface area contributed by atoms with Crippen molar-refractivity contribution in [3.63, 3.8) is 0 Å². The van der Waals surface area contributed by atoms with E-state index < -0.39 is 6.10 Å². The van der Waals surface area contributed by atoms with Crippen LogP contribution >= 0.6 is 0 Å². The number of nitrogens with zero attached hydrogens (tertiary/aromatic N) is 1. The standard InChI is InChI=1S/C16H20N2O5/c19-12-5-1-2-7-18(16(12)21)9-14(20)17-8-11-4-3-6-13-15(11)23-10-22-13/h3-4,6,12,19H,1-2,5,7-10H2,(H,17,20). The second kappa shape index (κ2) is 6.87. The van der Waals surface area contributed by atoms with E-state index >= 15 is 0 Å². The van der Waals surface area contributed by atoms with Crippen LogP contribution in [0.25, 0.3) is 0 Å². The van der Waals surface area contributed by atoms with E-state index in [2.05, 4.69) is 5.32 Å². The first-order valence-electron chi connectivity index (χ1n) is 7.76. The van der Waals surface area contributed by atoms with Crippen LogP contribution in [0.2, 0.25) is 0 Å². The Balaban J connectivity index is 1.56. The van der Waals surface area contributed by atoms with Crippen molar-refractivity contribution in [1.82, 2.24) is 10.2 Å². The highest BCUT2D eigenvalue weighted by molar-refractivity contribution is 5.87. The zero-order valence-corrected chi connectivity index (χ0v) is 12.8. The summed E-state index contributed by atoms with van der Waals surface area (Å²) in [4.78, 5) is 25.5. The SMILES string of the molecule is O=C(CN1CCCCC(O)C1=O)NCc1cccc2c1OCO2. The number of hydrogen-bond acceptors (Lipinski definition) is 5. The van der Waals surface area contributed by atoms with Gasteiger partial charge in [0.2, 0.25) is 12.7 Å². The van der Waals surface area contributed by atoms with Crippen molar-refractivity contribution in [2.75, 3.05) is 19.9 Å². The van der Waals surface area contributed by atoms with Crippen LogP contribution in [-0.4, -0.2) is 47.8 Å². The number of hydrogen-bond donors (Lipinski definition) is 2. The lowest BCUT2D eigenvalue weighted by Gasteiger charge is -2.21. The van der Waals surface area contributed by atoms with Gasteiger partial charge in [-0.05, 0) is 25.3 Å². The summed E-state index contributed by atoms with van der Waals surface area (Å²) in [5.74, 6) is 0.690. The van der Waals surface area contributed by atoms with Crippen LogP contribution in [0.5, 0.6) is 11.5 Å². The number of ether oxygens (including phenoxy) is 2. The minimum Gasteiger partial charge on any atom is -0.454 e. The molecule has 23 heavy (non-hydrogen) atoms. The number of rotatable bonds is 4. The van der Waals surface area contributed by atoms with Crippen molar-refractivity contribution in [2.24, 2.45) is 0 Å². The van der Waals surface area contributed by atoms with Gasteiger partial charge in [-0.2, -0.15) is 0 Å². The molecule has 1 aromatic rings. The molecule has 2 N–H and O–H groups in total. The second-order valence-electron chi connectivity index (χ2n) is 5.70. The summed E-state index contributed by atoms with van der Waals surface area (Å²) in [6.45, 7) is 0.944. The fourth-order valence-electron chi connectivity index (χ4n) is 2.79. The molecule has 0 saturated carbocycles. The van der Waals surface area contributed by atoms with Gasteiger partial charge in [0.1, 0.15) is 6.10 Å². The van der Waals surface area contributed by atoms with Crippen molar-refractivity contribution >= 4 is 11.8 Å². The molecule has 0 bridgehead atoms. The van der Waals surface area contributed by atoms with E-state index in [1.807, 2.05) is 18.2 Å². The maximum atomic E-state index is 12.1. The Labute approximate surface area is 134 Å². The number of para-hydroxylation sites is 1. The lowest BCUT2D eigenvalue weighted by molar-refractivity contribution is -0.142. The monoisotopic (exact) mass is 320 g/mol. The van der Waals surface area contributed by atoms with Crippen LogP contribution in [0.4, 0.5) is 0 Å². The minimum atomic E-state index is -0.992. The summed E-state index contributed by atoms with van der Waals surface area (Å²) in [5, 5.41) is 12.5. The molecule has 0 aromatic heterocycles. The van der Waals surface area contributed by atoms with Gasteiger partial charge in [0.25, 0.3) is 5.91 Å². The van der Waals surface area contributed by atoms with E-state index in [9.17, 15) is 14.7 Å². The molecule has 2 aliphatic heterocycles. The maximum Gasteiger partial charge on any atom is 0.251 e. The molecular weight excluding hydrogens is 300 g/mol. The molecule has 1 saturated heterocycles. The number of amides is 2. The molecule has 1 fully saturated rings. The predicted molar refractivity (Wildman–Crippen MR) is 80.8 cm³/mol. The summed E-state index contributed by atoms with van der Waals surface area (Å²) in [6.07, 6.45) is 1.06. The molecule has 7 heteroatoms. The zero-order chi connectivity index (χ0) is 16.2. The maximum absolute atomic E-state index is 12.1. The third-order valence-corrected chi connectivity index (χ3v) is 4.04. The van der Waals surface area contributed by atoms with Gasteiger partial charge < -0.3 is 24.8 Å². The van der Waals surface area contributed by atoms with Crippen molar-refractivity contribution in [3.8, 4) is 11.5 Å². The molecule has 7 nitrogen and oxygen atoms in total. The number of aliphatic hydroxyl groups is 1. The molecule has 2 heterocycles. The van der Waals surface area contributed by atoms with Crippen LogP contribution in [0.1, 0.15) is 24.8 Å².